The average molecular weight is 373 g/mol. The summed E-state index contributed by atoms with van der Waals surface area (Å²) in [7, 11) is 1.63. The van der Waals surface area contributed by atoms with Crippen LogP contribution >= 0.6 is 11.6 Å². The Morgan fingerprint density at radius 2 is 1.96 bits per heavy atom. The van der Waals surface area contributed by atoms with E-state index in [1.54, 1.807) is 36.3 Å². The minimum Gasteiger partial charge on any atom is -0.497 e. The van der Waals surface area contributed by atoms with Crippen LogP contribution in [0.5, 0.6) is 5.75 Å². The molecule has 3 rings (SSSR count). The highest BCUT2D eigenvalue weighted by Crippen LogP contribution is 2.18. The molecule has 2 aromatic carbocycles. The number of amides is 2. The lowest BCUT2D eigenvalue weighted by Gasteiger charge is -2.17. The average Bonchev–Trinajstić information content (AvgIpc) is 2.99. The Labute approximate surface area is 157 Å². The van der Waals surface area contributed by atoms with E-state index in [4.69, 9.17) is 16.3 Å². The van der Waals surface area contributed by atoms with E-state index in [0.717, 1.165) is 17.7 Å². The molecule has 2 amide bonds. The van der Waals surface area contributed by atoms with E-state index in [-0.39, 0.29) is 17.9 Å². The lowest BCUT2D eigenvalue weighted by molar-refractivity contribution is -0.127. The second-order valence-corrected chi connectivity index (χ2v) is 6.70. The van der Waals surface area contributed by atoms with Gasteiger partial charge < -0.3 is 15.0 Å². The topological polar surface area (TPSA) is 58.6 Å². The molecule has 1 atom stereocenters. The molecule has 1 fully saturated rings. The van der Waals surface area contributed by atoms with Gasteiger partial charge in [0.2, 0.25) is 5.91 Å². The molecule has 1 saturated heterocycles. The molecule has 5 nitrogen and oxygen atoms in total. The van der Waals surface area contributed by atoms with Crippen LogP contribution in [-0.2, 0) is 11.2 Å². The lowest BCUT2D eigenvalue weighted by atomic mass is 10.1. The maximum absolute atomic E-state index is 12.3. The van der Waals surface area contributed by atoms with Crippen LogP contribution in [0.25, 0.3) is 0 Å². The van der Waals surface area contributed by atoms with Gasteiger partial charge in [-0.3, -0.25) is 9.59 Å². The number of carbonyl (C=O) groups excluding carboxylic acids is 2. The van der Waals surface area contributed by atoms with Crippen LogP contribution in [0.3, 0.4) is 0 Å². The highest BCUT2D eigenvalue weighted by Gasteiger charge is 2.30. The second kappa shape index (κ2) is 8.23. The molecule has 0 radical (unpaired) electrons. The summed E-state index contributed by atoms with van der Waals surface area (Å²) >= 11 is 6.05. The number of halogens is 1. The van der Waals surface area contributed by atoms with Crippen LogP contribution < -0.4 is 10.1 Å². The van der Waals surface area contributed by atoms with Crippen molar-refractivity contribution in [3.05, 3.63) is 64.7 Å². The molecule has 0 bridgehead atoms. The Balaban J connectivity index is 1.53. The third kappa shape index (κ3) is 4.35. The summed E-state index contributed by atoms with van der Waals surface area (Å²) in [6.45, 7) is 1.15. The van der Waals surface area contributed by atoms with Crippen molar-refractivity contribution in [3.63, 3.8) is 0 Å². The zero-order valence-corrected chi connectivity index (χ0v) is 15.3. The van der Waals surface area contributed by atoms with Crippen LogP contribution in [-0.4, -0.2) is 43.0 Å². The van der Waals surface area contributed by atoms with Crippen molar-refractivity contribution >= 4 is 23.4 Å². The van der Waals surface area contributed by atoms with Gasteiger partial charge in [0.05, 0.1) is 23.7 Å². The Morgan fingerprint density at radius 3 is 2.65 bits per heavy atom. The van der Waals surface area contributed by atoms with Gasteiger partial charge >= 0.3 is 0 Å². The van der Waals surface area contributed by atoms with Crippen molar-refractivity contribution in [1.29, 1.82) is 0 Å². The van der Waals surface area contributed by atoms with Gasteiger partial charge in [0.25, 0.3) is 5.91 Å². The predicted octanol–water partition coefficient (Wildman–Crippen LogP) is 2.92. The Kier molecular flexibility index (Phi) is 5.78. The molecule has 0 aliphatic carbocycles. The zero-order chi connectivity index (χ0) is 18.5. The fourth-order valence-electron chi connectivity index (χ4n) is 3.05. The van der Waals surface area contributed by atoms with Crippen molar-refractivity contribution in [3.8, 4) is 5.75 Å². The molecule has 2 aromatic rings. The van der Waals surface area contributed by atoms with Crippen LogP contribution in [0.1, 0.15) is 22.3 Å². The standard InChI is InChI=1S/C20H21ClN2O3/c1-26-16-8-6-14(7-9-16)10-11-23-13-15(12-19(23)24)22-20(25)17-4-2-3-5-18(17)21/h2-9,15H,10-13H2,1H3,(H,22,25). The summed E-state index contributed by atoms with van der Waals surface area (Å²) < 4.78 is 5.15. The molecule has 0 saturated carbocycles. The number of likely N-dealkylation sites (tertiary alicyclic amines) is 1. The minimum atomic E-state index is -0.245. The van der Waals surface area contributed by atoms with Crippen molar-refractivity contribution in [2.45, 2.75) is 18.9 Å². The molecular weight excluding hydrogens is 352 g/mol. The third-order valence-corrected chi connectivity index (χ3v) is 4.83. The largest absolute Gasteiger partial charge is 0.497 e. The van der Waals surface area contributed by atoms with Crippen LogP contribution in [0.15, 0.2) is 48.5 Å². The third-order valence-electron chi connectivity index (χ3n) is 4.50. The van der Waals surface area contributed by atoms with Gasteiger partial charge in [-0.15, -0.1) is 0 Å². The molecule has 6 heteroatoms. The first-order valence-electron chi connectivity index (χ1n) is 8.53. The lowest BCUT2D eigenvalue weighted by Crippen LogP contribution is -2.37. The highest BCUT2D eigenvalue weighted by atomic mass is 35.5. The second-order valence-electron chi connectivity index (χ2n) is 6.29. The normalized spacial score (nSPS) is 16.6. The van der Waals surface area contributed by atoms with Gasteiger partial charge in [-0.05, 0) is 36.2 Å². The van der Waals surface area contributed by atoms with Crippen LogP contribution in [0, 0.1) is 0 Å². The van der Waals surface area contributed by atoms with Gasteiger partial charge in [0.1, 0.15) is 5.75 Å². The molecular formula is C20H21ClN2O3. The first kappa shape index (κ1) is 18.3. The quantitative estimate of drug-likeness (QED) is 0.848. The van der Waals surface area contributed by atoms with Crippen molar-refractivity contribution in [2.75, 3.05) is 20.2 Å². The summed E-state index contributed by atoms with van der Waals surface area (Å²) in [4.78, 5) is 26.4. The monoisotopic (exact) mass is 372 g/mol. The molecule has 1 unspecified atom stereocenters. The summed E-state index contributed by atoms with van der Waals surface area (Å²) in [6.07, 6.45) is 1.08. The number of benzene rings is 2. The number of methoxy groups -OCH3 is 1. The molecule has 1 N–H and O–H groups in total. The first-order valence-corrected chi connectivity index (χ1v) is 8.90. The van der Waals surface area contributed by atoms with E-state index in [1.807, 2.05) is 24.3 Å². The summed E-state index contributed by atoms with van der Waals surface area (Å²) in [5, 5.41) is 3.32. The zero-order valence-electron chi connectivity index (χ0n) is 14.6. The first-order chi connectivity index (χ1) is 12.6. The number of carbonyl (C=O) groups is 2. The van der Waals surface area contributed by atoms with Gasteiger partial charge in [0.15, 0.2) is 0 Å². The number of rotatable bonds is 6. The number of nitrogens with one attached hydrogen (secondary N) is 1. The summed E-state index contributed by atoms with van der Waals surface area (Å²) in [5.74, 6) is 0.627. The van der Waals surface area contributed by atoms with Gasteiger partial charge in [-0.2, -0.15) is 0 Å². The number of hydrogen-bond donors (Lipinski definition) is 1. The summed E-state index contributed by atoms with van der Waals surface area (Å²) in [6, 6.07) is 14.5. The van der Waals surface area contributed by atoms with E-state index >= 15 is 0 Å². The molecule has 26 heavy (non-hydrogen) atoms. The van der Waals surface area contributed by atoms with Gasteiger partial charge in [0, 0.05) is 19.5 Å². The molecule has 0 aromatic heterocycles. The minimum absolute atomic E-state index is 0.0583. The fraction of sp³-hybridized carbons (Fsp3) is 0.300. The van der Waals surface area contributed by atoms with E-state index in [0.29, 0.717) is 30.1 Å². The molecule has 1 aliphatic heterocycles. The van der Waals surface area contributed by atoms with E-state index in [9.17, 15) is 9.59 Å². The van der Waals surface area contributed by atoms with Gasteiger partial charge in [-0.25, -0.2) is 0 Å². The Hall–Kier alpha value is -2.53. The predicted molar refractivity (Wildman–Crippen MR) is 101 cm³/mol. The SMILES string of the molecule is COc1ccc(CCN2CC(NC(=O)c3ccccc3Cl)CC2=O)cc1. The van der Waals surface area contributed by atoms with E-state index in [2.05, 4.69) is 5.32 Å². The number of hydrogen-bond acceptors (Lipinski definition) is 3. The fourth-order valence-corrected chi connectivity index (χ4v) is 3.27. The highest BCUT2D eigenvalue weighted by molar-refractivity contribution is 6.33. The van der Waals surface area contributed by atoms with Gasteiger partial charge in [-0.1, -0.05) is 35.9 Å². The molecule has 1 heterocycles. The Morgan fingerprint density at radius 1 is 1.23 bits per heavy atom. The maximum Gasteiger partial charge on any atom is 0.253 e. The molecule has 136 valence electrons. The van der Waals surface area contributed by atoms with Crippen molar-refractivity contribution in [1.82, 2.24) is 10.2 Å². The van der Waals surface area contributed by atoms with Crippen molar-refractivity contribution < 1.29 is 14.3 Å². The number of ether oxygens (including phenoxy) is 1. The smallest absolute Gasteiger partial charge is 0.253 e. The number of nitrogens with zero attached hydrogens (tertiary/aromatic N) is 1. The van der Waals surface area contributed by atoms with Crippen LogP contribution in [0.2, 0.25) is 5.02 Å². The molecule has 1 aliphatic rings. The van der Waals surface area contributed by atoms with Crippen LogP contribution in [0.4, 0.5) is 0 Å². The Bertz CT molecular complexity index is 792. The van der Waals surface area contributed by atoms with Crippen molar-refractivity contribution in [2.24, 2.45) is 0 Å². The molecule has 0 spiro atoms. The summed E-state index contributed by atoms with van der Waals surface area (Å²) in [5.41, 5.74) is 1.57. The maximum atomic E-state index is 12.3. The van der Waals surface area contributed by atoms with E-state index in [1.165, 1.54) is 0 Å². The van der Waals surface area contributed by atoms with E-state index < -0.39 is 0 Å².